The highest BCUT2D eigenvalue weighted by Crippen LogP contribution is 2.33. The first kappa shape index (κ1) is 12.9. The van der Waals surface area contributed by atoms with Gasteiger partial charge in [-0.15, -0.1) is 0 Å². The van der Waals surface area contributed by atoms with Crippen LogP contribution in [0.4, 0.5) is 0 Å². The number of amides is 1. The van der Waals surface area contributed by atoms with E-state index in [1.54, 1.807) is 0 Å². The van der Waals surface area contributed by atoms with Crippen molar-refractivity contribution >= 4 is 11.9 Å². The smallest absolute Gasteiger partial charge is 0.320 e. The number of likely N-dealkylation sites (tertiary alicyclic amines) is 2. The van der Waals surface area contributed by atoms with Crippen molar-refractivity contribution in [3.05, 3.63) is 0 Å². The lowest BCUT2D eigenvalue weighted by Crippen LogP contribution is -2.50. The molecule has 2 aliphatic heterocycles. The summed E-state index contributed by atoms with van der Waals surface area (Å²) in [6.45, 7) is 2.52. The zero-order valence-corrected chi connectivity index (χ0v) is 11.3. The zero-order chi connectivity index (χ0) is 13.4. The summed E-state index contributed by atoms with van der Waals surface area (Å²) >= 11 is 0. The highest BCUT2D eigenvalue weighted by molar-refractivity contribution is 5.81. The quantitative estimate of drug-likeness (QED) is 0.825. The van der Waals surface area contributed by atoms with Crippen LogP contribution in [-0.2, 0) is 9.59 Å². The predicted octanol–water partition coefficient (Wildman–Crippen LogP) is 0.936. The van der Waals surface area contributed by atoms with Gasteiger partial charge >= 0.3 is 5.97 Å². The van der Waals surface area contributed by atoms with E-state index in [1.165, 1.54) is 0 Å². The van der Waals surface area contributed by atoms with Crippen molar-refractivity contribution in [3.8, 4) is 0 Å². The molecular weight excluding hydrogens is 244 g/mol. The maximum absolute atomic E-state index is 12.0. The van der Waals surface area contributed by atoms with Gasteiger partial charge in [-0.2, -0.15) is 0 Å². The van der Waals surface area contributed by atoms with E-state index in [9.17, 15) is 14.7 Å². The fraction of sp³-hybridized carbons (Fsp3) is 0.857. The molecule has 1 amide bonds. The summed E-state index contributed by atoms with van der Waals surface area (Å²) in [5.74, 6) is -0.0567. The minimum Gasteiger partial charge on any atom is -0.480 e. The van der Waals surface area contributed by atoms with Crippen molar-refractivity contribution in [1.29, 1.82) is 0 Å². The molecule has 1 N–H and O–H groups in total. The molecule has 1 aliphatic carbocycles. The fourth-order valence-corrected chi connectivity index (χ4v) is 3.50. The normalized spacial score (nSPS) is 29.7. The van der Waals surface area contributed by atoms with Crippen LogP contribution in [0, 0.1) is 5.92 Å². The molecule has 0 aromatic rings. The molecule has 3 rings (SSSR count). The Morgan fingerprint density at radius 2 is 1.63 bits per heavy atom. The van der Waals surface area contributed by atoms with Crippen LogP contribution < -0.4 is 0 Å². The van der Waals surface area contributed by atoms with Gasteiger partial charge in [0, 0.05) is 25.0 Å². The number of carbonyl (C=O) groups excluding carboxylic acids is 1. The second-order valence-electron chi connectivity index (χ2n) is 6.06. The SMILES string of the molecule is O=C(O)C1CCCN1C1CCN(C(=O)C2CC2)CC1. The van der Waals surface area contributed by atoms with E-state index < -0.39 is 5.97 Å². The van der Waals surface area contributed by atoms with E-state index >= 15 is 0 Å². The molecule has 106 valence electrons. The Kier molecular flexibility index (Phi) is 3.48. The molecule has 0 bridgehead atoms. The standard InChI is InChI=1S/C14H22N2O3/c17-13(10-3-4-10)15-8-5-11(6-9-15)16-7-1-2-12(16)14(18)19/h10-12H,1-9H2,(H,18,19). The molecule has 0 radical (unpaired) electrons. The Labute approximate surface area is 113 Å². The van der Waals surface area contributed by atoms with Gasteiger partial charge in [0.2, 0.25) is 5.91 Å². The molecule has 0 aromatic heterocycles. The summed E-state index contributed by atoms with van der Waals surface area (Å²) in [5.41, 5.74) is 0. The highest BCUT2D eigenvalue weighted by Gasteiger charge is 2.39. The lowest BCUT2D eigenvalue weighted by Gasteiger charge is -2.38. The zero-order valence-electron chi connectivity index (χ0n) is 11.3. The first-order valence-corrected chi connectivity index (χ1v) is 7.44. The van der Waals surface area contributed by atoms with E-state index in [2.05, 4.69) is 4.90 Å². The van der Waals surface area contributed by atoms with Gasteiger partial charge in [0.25, 0.3) is 0 Å². The molecule has 19 heavy (non-hydrogen) atoms. The molecule has 2 saturated heterocycles. The molecule has 5 nitrogen and oxygen atoms in total. The van der Waals surface area contributed by atoms with Gasteiger partial charge in [-0.25, -0.2) is 0 Å². The second-order valence-corrected chi connectivity index (χ2v) is 6.06. The molecule has 3 aliphatic rings. The van der Waals surface area contributed by atoms with Gasteiger partial charge < -0.3 is 10.0 Å². The van der Waals surface area contributed by atoms with Gasteiger partial charge in [0.1, 0.15) is 6.04 Å². The number of rotatable bonds is 3. The predicted molar refractivity (Wildman–Crippen MR) is 69.7 cm³/mol. The first-order valence-electron chi connectivity index (χ1n) is 7.44. The summed E-state index contributed by atoms with van der Waals surface area (Å²) in [6.07, 6.45) is 5.75. The molecule has 3 fully saturated rings. The molecule has 0 spiro atoms. The summed E-state index contributed by atoms with van der Waals surface area (Å²) in [4.78, 5) is 27.3. The van der Waals surface area contributed by atoms with Gasteiger partial charge in [0.15, 0.2) is 0 Å². The van der Waals surface area contributed by atoms with Crippen molar-refractivity contribution in [1.82, 2.24) is 9.80 Å². The molecule has 1 atom stereocenters. The number of hydrogen-bond acceptors (Lipinski definition) is 3. The fourth-order valence-electron chi connectivity index (χ4n) is 3.50. The Morgan fingerprint density at radius 1 is 0.947 bits per heavy atom. The molecule has 0 aromatic carbocycles. The molecule has 2 heterocycles. The van der Waals surface area contributed by atoms with Crippen LogP contribution in [0.5, 0.6) is 0 Å². The van der Waals surface area contributed by atoms with E-state index in [0.717, 1.165) is 58.2 Å². The first-order chi connectivity index (χ1) is 9.16. The third-order valence-corrected chi connectivity index (χ3v) is 4.75. The third-order valence-electron chi connectivity index (χ3n) is 4.75. The number of carboxylic acid groups (broad SMARTS) is 1. The van der Waals surface area contributed by atoms with Crippen LogP contribution >= 0.6 is 0 Å². The van der Waals surface area contributed by atoms with Crippen molar-refractivity contribution in [3.63, 3.8) is 0 Å². The monoisotopic (exact) mass is 266 g/mol. The molecular formula is C14H22N2O3. The topological polar surface area (TPSA) is 60.9 Å². The number of nitrogens with zero attached hydrogens (tertiary/aromatic N) is 2. The summed E-state index contributed by atoms with van der Waals surface area (Å²) in [5, 5.41) is 9.23. The van der Waals surface area contributed by atoms with Crippen LogP contribution in [0.1, 0.15) is 38.5 Å². The van der Waals surface area contributed by atoms with E-state index in [1.807, 2.05) is 4.90 Å². The van der Waals surface area contributed by atoms with Crippen LogP contribution in [0.2, 0.25) is 0 Å². The Morgan fingerprint density at radius 3 is 2.21 bits per heavy atom. The van der Waals surface area contributed by atoms with Gasteiger partial charge in [-0.05, 0) is 45.1 Å². The Bertz CT molecular complexity index is 373. The van der Waals surface area contributed by atoms with Crippen LogP contribution in [0.25, 0.3) is 0 Å². The van der Waals surface area contributed by atoms with E-state index in [4.69, 9.17) is 0 Å². The number of piperidine rings is 1. The van der Waals surface area contributed by atoms with Crippen molar-refractivity contribution in [2.24, 2.45) is 5.92 Å². The highest BCUT2D eigenvalue weighted by atomic mass is 16.4. The van der Waals surface area contributed by atoms with Crippen molar-refractivity contribution < 1.29 is 14.7 Å². The largest absolute Gasteiger partial charge is 0.480 e. The Hall–Kier alpha value is -1.10. The maximum atomic E-state index is 12.0. The number of hydrogen-bond donors (Lipinski definition) is 1. The minimum absolute atomic E-state index is 0.296. The lowest BCUT2D eigenvalue weighted by molar-refractivity contribution is -0.144. The Balaban J connectivity index is 1.54. The second kappa shape index (κ2) is 5.12. The number of carbonyl (C=O) groups is 2. The van der Waals surface area contributed by atoms with Crippen LogP contribution in [-0.4, -0.2) is 58.5 Å². The van der Waals surface area contributed by atoms with Crippen LogP contribution in [0.3, 0.4) is 0 Å². The third kappa shape index (κ3) is 2.61. The summed E-state index contributed by atoms with van der Waals surface area (Å²) in [7, 11) is 0. The van der Waals surface area contributed by atoms with Crippen molar-refractivity contribution in [2.75, 3.05) is 19.6 Å². The molecule has 5 heteroatoms. The average Bonchev–Trinajstić information content (AvgIpc) is 3.14. The van der Waals surface area contributed by atoms with Gasteiger partial charge in [0.05, 0.1) is 0 Å². The minimum atomic E-state index is -0.686. The molecule has 1 unspecified atom stereocenters. The summed E-state index contributed by atoms with van der Waals surface area (Å²) in [6, 6.07) is 0.0579. The molecule has 1 saturated carbocycles. The van der Waals surface area contributed by atoms with Crippen LogP contribution in [0.15, 0.2) is 0 Å². The number of carboxylic acids is 1. The van der Waals surface area contributed by atoms with Gasteiger partial charge in [-0.3, -0.25) is 14.5 Å². The van der Waals surface area contributed by atoms with Gasteiger partial charge in [-0.1, -0.05) is 0 Å². The summed E-state index contributed by atoms with van der Waals surface area (Å²) < 4.78 is 0. The maximum Gasteiger partial charge on any atom is 0.320 e. The number of aliphatic carboxylic acids is 1. The lowest BCUT2D eigenvalue weighted by atomic mass is 10.0. The van der Waals surface area contributed by atoms with E-state index in [-0.39, 0.29) is 6.04 Å². The van der Waals surface area contributed by atoms with Crippen molar-refractivity contribution in [2.45, 2.75) is 50.6 Å². The van der Waals surface area contributed by atoms with E-state index in [0.29, 0.717) is 17.9 Å². The average molecular weight is 266 g/mol.